The van der Waals surface area contributed by atoms with Gasteiger partial charge in [-0.2, -0.15) is 0 Å². The molecule has 4 heteroatoms. The standard InChI is InChI=1S/C12H19NO3/c14-9-12(13-7-2-1-3-8-13)6-4-5-10(12)11(15)16/h9-10H,1-8H2,(H,15,16). The van der Waals surface area contributed by atoms with Crippen molar-refractivity contribution in [2.24, 2.45) is 5.92 Å². The Labute approximate surface area is 95.6 Å². The van der Waals surface area contributed by atoms with Crippen LogP contribution in [0.25, 0.3) is 0 Å². The number of aliphatic carboxylic acids is 1. The van der Waals surface area contributed by atoms with Crippen molar-refractivity contribution in [3.63, 3.8) is 0 Å². The van der Waals surface area contributed by atoms with Gasteiger partial charge in [-0.05, 0) is 38.8 Å². The van der Waals surface area contributed by atoms with E-state index in [-0.39, 0.29) is 0 Å². The summed E-state index contributed by atoms with van der Waals surface area (Å²) in [6.07, 6.45) is 6.49. The van der Waals surface area contributed by atoms with Crippen molar-refractivity contribution < 1.29 is 14.7 Å². The third-order valence-electron chi connectivity index (χ3n) is 4.12. The van der Waals surface area contributed by atoms with E-state index >= 15 is 0 Å². The van der Waals surface area contributed by atoms with Crippen LogP contribution < -0.4 is 0 Å². The van der Waals surface area contributed by atoms with E-state index in [2.05, 4.69) is 4.90 Å². The molecule has 1 saturated heterocycles. The Morgan fingerprint density at radius 2 is 1.94 bits per heavy atom. The number of carbonyl (C=O) groups is 2. The minimum Gasteiger partial charge on any atom is -0.481 e. The highest BCUT2D eigenvalue weighted by molar-refractivity contribution is 5.81. The SMILES string of the molecule is O=CC1(N2CCCCC2)CCCC1C(=O)O. The smallest absolute Gasteiger partial charge is 0.308 e. The maximum absolute atomic E-state index is 11.4. The molecular formula is C12H19NO3. The fourth-order valence-electron chi connectivity index (χ4n) is 3.26. The van der Waals surface area contributed by atoms with Gasteiger partial charge >= 0.3 is 5.97 Å². The Balaban J connectivity index is 2.22. The molecule has 90 valence electrons. The number of carbonyl (C=O) groups excluding carboxylic acids is 1. The third kappa shape index (κ3) is 1.75. The fraction of sp³-hybridized carbons (Fsp3) is 0.833. The number of aldehydes is 1. The Bertz CT molecular complexity index is 286. The number of rotatable bonds is 3. The van der Waals surface area contributed by atoms with Gasteiger partial charge in [-0.25, -0.2) is 0 Å². The molecule has 2 unspecified atom stereocenters. The van der Waals surface area contributed by atoms with Crippen molar-refractivity contribution in [2.45, 2.75) is 44.1 Å². The van der Waals surface area contributed by atoms with Gasteiger partial charge in [-0.1, -0.05) is 12.8 Å². The highest BCUT2D eigenvalue weighted by Crippen LogP contribution is 2.40. The first-order valence-electron chi connectivity index (χ1n) is 6.15. The number of piperidine rings is 1. The van der Waals surface area contributed by atoms with Crippen LogP contribution in [-0.2, 0) is 9.59 Å². The minimum absolute atomic E-state index is 0.497. The molecule has 1 heterocycles. The van der Waals surface area contributed by atoms with Crippen LogP contribution in [0.15, 0.2) is 0 Å². The third-order valence-corrected chi connectivity index (χ3v) is 4.12. The first-order valence-corrected chi connectivity index (χ1v) is 6.15. The first-order chi connectivity index (χ1) is 7.70. The van der Waals surface area contributed by atoms with E-state index in [0.29, 0.717) is 12.8 Å². The lowest BCUT2D eigenvalue weighted by molar-refractivity contribution is -0.149. The van der Waals surface area contributed by atoms with Gasteiger partial charge in [0.2, 0.25) is 0 Å². The highest BCUT2D eigenvalue weighted by Gasteiger charge is 2.50. The molecule has 0 amide bonds. The molecule has 2 fully saturated rings. The molecule has 0 aromatic heterocycles. The summed E-state index contributed by atoms with van der Waals surface area (Å²) in [4.78, 5) is 24.8. The zero-order valence-corrected chi connectivity index (χ0v) is 9.52. The predicted octanol–water partition coefficient (Wildman–Crippen LogP) is 1.29. The summed E-state index contributed by atoms with van der Waals surface area (Å²) in [6, 6.07) is 0. The summed E-state index contributed by atoms with van der Waals surface area (Å²) in [7, 11) is 0. The van der Waals surface area contributed by atoms with E-state index in [1.807, 2.05) is 0 Å². The van der Waals surface area contributed by atoms with E-state index in [1.54, 1.807) is 0 Å². The monoisotopic (exact) mass is 225 g/mol. The lowest BCUT2D eigenvalue weighted by atomic mass is 9.85. The summed E-state index contributed by atoms with van der Waals surface area (Å²) in [6.45, 7) is 1.76. The number of nitrogens with zero attached hydrogens (tertiary/aromatic N) is 1. The molecule has 4 nitrogen and oxygen atoms in total. The average Bonchev–Trinajstić information content (AvgIpc) is 2.75. The van der Waals surface area contributed by atoms with Crippen LogP contribution in [0.5, 0.6) is 0 Å². The second kappa shape index (κ2) is 4.53. The molecule has 1 N–H and O–H groups in total. The van der Waals surface area contributed by atoms with Crippen molar-refractivity contribution in [2.75, 3.05) is 13.1 Å². The first kappa shape index (κ1) is 11.6. The number of hydrogen-bond donors (Lipinski definition) is 1. The maximum atomic E-state index is 11.4. The molecule has 1 aliphatic heterocycles. The Hall–Kier alpha value is -0.900. The Kier molecular flexibility index (Phi) is 3.28. The zero-order chi connectivity index (χ0) is 11.6. The molecule has 0 bridgehead atoms. The van der Waals surface area contributed by atoms with Gasteiger partial charge in [0.15, 0.2) is 0 Å². The summed E-state index contributed by atoms with van der Waals surface area (Å²) in [5, 5.41) is 9.23. The van der Waals surface area contributed by atoms with Crippen LogP contribution in [0.2, 0.25) is 0 Å². The molecule has 2 rings (SSSR count). The normalized spacial score (nSPS) is 36.1. The Morgan fingerprint density at radius 3 is 2.50 bits per heavy atom. The van der Waals surface area contributed by atoms with Gasteiger partial charge in [0.05, 0.1) is 11.5 Å². The number of carboxylic acid groups (broad SMARTS) is 1. The molecular weight excluding hydrogens is 206 g/mol. The van der Waals surface area contributed by atoms with Gasteiger partial charge < -0.3 is 9.90 Å². The summed E-state index contributed by atoms with van der Waals surface area (Å²) >= 11 is 0. The van der Waals surface area contributed by atoms with Gasteiger partial charge in [0.25, 0.3) is 0 Å². The zero-order valence-electron chi connectivity index (χ0n) is 9.52. The van der Waals surface area contributed by atoms with Crippen molar-refractivity contribution in [1.82, 2.24) is 4.90 Å². The molecule has 0 aromatic rings. The molecule has 0 radical (unpaired) electrons. The van der Waals surface area contributed by atoms with Crippen LogP contribution >= 0.6 is 0 Å². The van der Waals surface area contributed by atoms with Crippen LogP contribution in [0.4, 0.5) is 0 Å². The summed E-state index contributed by atoms with van der Waals surface area (Å²) in [5.74, 6) is -1.31. The average molecular weight is 225 g/mol. The van der Waals surface area contributed by atoms with E-state index < -0.39 is 17.4 Å². The van der Waals surface area contributed by atoms with E-state index in [0.717, 1.165) is 38.6 Å². The molecule has 1 aliphatic carbocycles. The highest BCUT2D eigenvalue weighted by atomic mass is 16.4. The molecule has 1 saturated carbocycles. The number of likely N-dealkylation sites (tertiary alicyclic amines) is 1. The lowest BCUT2D eigenvalue weighted by Crippen LogP contribution is -2.56. The van der Waals surface area contributed by atoms with Crippen LogP contribution in [-0.4, -0.2) is 40.9 Å². The minimum atomic E-state index is -0.810. The van der Waals surface area contributed by atoms with Crippen molar-refractivity contribution in [3.05, 3.63) is 0 Å². The lowest BCUT2D eigenvalue weighted by Gasteiger charge is -2.42. The fourth-order valence-corrected chi connectivity index (χ4v) is 3.26. The number of hydrogen-bond acceptors (Lipinski definition) is 3. The quantitative estimate of drug-likeness (QED) is 0.735. The second-order valence-electron chi connectivity index (χ2n) is 4.94. The molecule has 0 aromatic carbocycles. The van der Waals surface area contributed by atoms with Crippen molar-refractivity contribution >= 4 is 12.3 Å². The van der Waals surface area contributed by atoms with E-state index in [1.165, 1.54) is 6.42 Å². The van der Waals surface area contributed by atoms with Crippen molar-refractivity contribution in [1.29, 1.82) is 0 Å². The molecule has 2 aliphatic rings. The number of carboxylic acids is 1. The van der Waals surface area contributed by atoms with Gasteiger partial charge in [0.1, 0.15) is 6.29 Å². The topological polar surface area (TPSA) is 57.6 Å². The van der Waals surface area contributed by atoms with Crippen LogP contribution in [0, 0.1) is 5.92 Å². The second-order valence-corrected chi connectivity index (χ2v) is 4.94. The molecule has 0 spiro atoms. The maximum Gasteiger partial charge on any atom is 0.308 e. The van der Waals surface area contributed by atoms with E-state index in [4.69, 9.17) is 0 Å². The van der Waals surface area contributed by atoms with Gasteiger partial charge in [-0.3, -0.25) is 9.69 Å². The molecule has 16 heavy (non-hydrogen) atoms. The van der Waals surface area contributed by atoms with E-state index in [9.17, 15) is 14.7 Å². The largest absolute Gasteiger partial charge is 0.481 e. The molecule has 2 atom stereocenters. The van der Waals surface area contributed by atoms with Gasteiger partial charge in [-0.15, -0.1) is 0 Å². The van der Waals surface area contributed by atoms with Gasteiger partial charge in [0, 0.05) is 0 Å². The van der Waals surface area contributed by atoms with Crippen LogP contribution in [0.1, 0.15) is 38.5 Å². The Morgan fingerprint density at radius 1 is 1.25 bits per heavy atom. The summed E-state index contributed by atoms with van der Waals surface area (Å²) in [5.41, 5.74) is -0.702. The van der Waals surface area contributed by atoms with Crippen LogP contribution in [0.3, 0.4) is 0 Å². The van der Waals surface area contributed by atoms with Crippen molar-refractivity contribution in [3.8, 4) is 0 Å². The predicted molar refractivity (Wildman–Crippen MR) is 59.2 cm³/mol. The summed E-state index contributed by atoms with van der Waals surface area (Å²) < 4.78 is 0.